The summed E-state index contributed by atoms with van der Waals surface area (Å²) in [7, 11) is 0. The lowest BCUT2D eigenvalue weighted by atomic mass is 9.96. The van der Waals surface area contributed by atoms with Gasteiger partial charge in [-0.05, 0) is 56.7 Å². The minimum absolute atomic E-state index is 1.12. The van der Waals surface area contributed by atoms with Crippen molar-refractivity contribution in [2.75, 3.05) is 5.33 Å². The molecule has 0 heterocycles. The zero-order valence-electron chi connectivity index (χ0n) is 9.36. The van der Waals surface area contributed by atoms with E-state index in [9.17, 15) is 0 Å². The summed E-state index contributed by atoms with van der Waals surface area (Å²) in [6.07, 6.45) is 3.78. The predicted octanol–water partition coefficient (Wildman–Crippen LogP) is 4.33. The van der Waals surface area contributed by atoms with Gasteiger partial charge in [0.1, 0.15) is 0 Å². The van der Waals surface area contributed by atoms with Crippen molar-refractivity contribution in [3.63, 3.8) is 0 Å². The molecule has 0 unspecified atom stereocenters. The van der Waals surface area contributed by atoms with E-state index >= 15 is 0 Å². The smallest absolute Gasteiger partial charge is 0.00314 e. The molecule has 1 heteroatoms. The average molecular weight is 255 g/mol. The van der Waals surface area contributed by atoms with Gasteiger partial charge < -0.3 is 0 Å². The molecule has 0 amide bonds. The van der Waals surface area contributed by atoms with Crippen LogP contribution in [0.15, 0.2) is 12.1 Å². The lowest BCUT2D eigenvalue weighted by Gasteiger charge is -2.10. The topological polar surface area (TPSA) is 0 Å². The van der Waals surface area contributed by atoms with Crippen LogP contribution >= 0.6 is 15.9 Å². The summed E-state index contributed by atoms with van der Waals surface area (Å²) in [5.74, 6) is 0. The molecule has 78 valence electrons. The summed E-state index contributed by atoms with van der Waals surface area (Å²) in [4.78, 5) is 0. The number of unbranched alkanes of at least 4 members (excludes halogenated alkanes) is 1. The molecule has 0 aliphatic heterocycles. The van der Waals surface area contributed by atoms with E-state index in [0.717, 1.165) is 5.33 Å². The van der Waals surface area contributed by atoms with E-state index in [1.165, 1.54) is 36.0 Å². The number of hydrogen-bond acceptors (Lipinski definition) is 0. The Morgan fingerprint density at radius 2 is 1.57 bits per heavy atom. The third-order valence-electron chi connectivity index (χ3n) is 2.65. The molecule has 1 aromatic rings. The highest BCUT2D eigenvalue weighted by Crippen LogP contribution is 2.18. The Balaban J connectivity index is 2.75. The quantitative estimate of drug-likeness (QED) is 0.555. The summed E-state index contributed by atoms with van der Waals surface area (Å²) < 4.78 is 0. The van der Waals surface area contributed by atoms with Crippen molar-refractivity contribution in [3.05, 3.63) is 34.4 Å². The molecule has 1 aromatic carbocycles. The fourth-order valence-electron chi connectivity index (χ4n) is 2.00. The molecule has 0 aliphatic rings. The second-order valence-corrected chi connectivity index (χ2v) is 4.82. The van der Waals surface area contributed by atoms with Gasteiger partial charge in [-0.15, -0.1) is 0 Å². The van der Waals surface area contributed by atoms with Crippen LogP contribution in [0.5, 0.6) is 0 Å². The van der Waals surface area contributed by atoms with E-state index in [0.29, 0.717) is 0 Å². The Morgan fingerprint density at radius 3 is 2.07 bits per heavy atom. The Hall–Kier alpha value is -0.300. The van der Waals surface area contributed by atoms with Gasteiger partial charge in [0.2, 0.25) is 0 Å². The highest BCUT2D eigenvalue weighted by Gasteiger charge is 2.02. The molecule has 0 bridgehead atoms. The van der Waals surface area contributed by atoms with Crippen molar-refractivity contribution < 1.29 is 0 Å². The molecule has 0 aliphatic carbocycles. The van der Waals surface area contributed by atoms with E-state index < -0.39 is 0 Å². The first-order valence-corrected chi connectivity index (χ1v) is 6.40. The Kier molecular flexibility index (Phi) is 4.67. The van der Waals surface area contributed by atoms with Crippen molar-refractivity contribution in [2.45, 2.75) is 40.0 Å². The number of hydrogen-bond donors (Lipinski definition) is 0. The Bertz CT molecular complexity index is 279. The van der Waals surface area contributed by atoms with Crippen LogP contribution in [0.4, 0.5) is 0 Å². The number of halogens is 1. The molecule has 0 atom stereocenters. The highest BCUT2D eigenvalue weighted by atomic mass is 79.9. The molecule has 14 heavy (non-hydrogen) atoms. The summed E-state index contributed by atoms with van der Waals surface area (Å²) in [6, 6.07) is 4.58. The van der Waals surface area contributed by atoms with E-state index in [1.807, 2.05) is 0 Å². The zero-order valence-corrected chi connectivity index (χ0v) is 10.9. The van der Waals surface area contributed by atoms with Gasteiger partial charge in [-0.2, -0.15) is 0 Å². The minimum Gasteiger partial charge on any atom is -0.0928 e. The molecular formula is C13H19Br. The third-order valence-corrected chi connectivity index (χ3v) is 3.21. The maximum absolute atomic E-state index is 3.47. The lowest BCUT2D eigenvalue weighted by molar-refractivity contribution is 0.797. The first-order valence-electron chi connectivity index (χ1n) is 5.28. The maximum atomic E-state index is 3.47. The molecular weight excluding hydrogens is 236 g/mol. The van der Waals surface area contributed by atoms with Gasteiger partial charge in [0.15, 0.2) is 0 Å². The van der Waals surface area contributed by atoms with Gasteiger partial charge in [-0.25, -0.2) is 0 Å². The lowest BCUT2D eigenvalue weighted by Crippen LogP contribution is -1.95. The van der Waals surface area contributed by atoms with Crippen LogP contribution in [0, 0.1) is 20.8 Å². The van der Waals surface area contributed by atoms with E-state index in [4.69, 9.17) is 0 Å². The highest BCUT2D eigenvalue weighted by molar-refractivity contribution is 9.09. The average Bonchev–Trinajstić information content (AvgIpc) is 2.09. The molecule has 1 rings (SSSR count). The van der Waals surface area contributed by atoms with Gasteiger partial charge in [0.25, 0.3) is 0 Å². The van der Waals surface area contributed by atoms with Gasteiger partial charge in [-0.3, -0.25) is 0 Å². The van der Waals surface area contributed by atoms with Crippen molar-refractivity contribution in [3.8, 4) is 0 Å². The van der Waals surface area contributed by atoms with E-state index in [-0.39, 0.29) is 0 Å². The summed E-state index contributed by atoms with van der Waals surface area (Å²) in [5.41, 5.74) is 5.84. The van der Waals surface area contributed by atoms with Crippen LogP contribution in [0.2, 0.25) is 0 Å². The van der Waals surface area contributed by atoms with Crippen molar-refractivity contribution in [2.24, 2.45) is 0 Å². The summed E-state index contributed by atoms with van der Waals surface area (Å²) >= 11 is 3.47. The molecule has 0 spiro atoms. The van der Waals surface area contributed by atoms with Gasteiger partial charge >= 0.3 is 0 Å². The first-order chi connectivity index (χ1) is 6.65. The maximum Gasteiger partial charge on any atom is 0.00314 e. The molecule has 0 saturated heterocycles. The van der Waals surface area contributed by atoms with Crippen LogP contribution in [-0.4, -0.2) is 5.33 Å². The van der Waals surface area contributed by atoms with Crippen LogP contribution < -0.4 is 0 Å². The molecule has 0 radical (unpaired) electrons. The standard InChI is InChI=1S/C13H19Br/c1-10-8-11(2)13(12(3)9-10)6-4-5-7-14/h8-9H,4-7H2,1-3H3. The molecule has 0 fully saturated rings. The summed E-state index contributed by atoms with van der Waals surface area (Å²) in [6.45, 7) is 6.62. The number of alkyl halides is 1. The SMILES string of the molecule is Cc1cc(C)c(CCCCBr)c(C)c1. The zero-order chi connectivity index (χ0) is 10.6. The number of rotatable bonds is 4. The van der Waals surface area contributed by atoms with Crippen LogP contribution in [-0.2, 0) is 6.42 Å². The first kappa shape index (κ1) is 11.8. The number of benzene rings is 1. The molecule has 0 nitrogen and oxygen atoms in total. The van der Waals surface area contributed by atoms with Crippen molar-refractivity contribution in [1.82, 2.24) is 0 Å². The van der Waals surface area contributed by atoms with E-state index in [2.05, 4.69) is 48.8 Å². The van der Waals surface area contributed by atoms with Crippen LogP contribution in [0.3, 0.4) is 0 Å². The molecule has 0 aromatic heterocycles. The largest absolute Gasteiger partial charge is 0.0928 e. The Morgan fingerprint density at radius 1 is 1.00 bits per heavy atom. The molecule has 0 N–H and O–H groups in total. The van der Waals surface area contributed by atoms with Gasteiger partial charge in [0.05, 0.1) is 0 Å². The van der Waals surface area contributed by atoms with E-state index in [1.54, 1.807) is 5.56 Å². The van der Waals surface area contributed by atoms with Crippen LogP contribution in [0.1, 0.15) is 35.1 Å². The van der Waals surface area contributed by atoms with Crippen molar-refractivity contribution >= 4 is 15.9 Å². The van der Waals surface area contributed by atoms with Gasteiger partial charge in [-0.1, -0.05) is 33.6 Å². The second-order valence-electron chi connectivity index (χ2n) is 4.02. The number of aryl methyl sites for hydroxylation is 3. The Labute approximate surface area is 95.9 Å². The molecule has 0 saturated carbocycles. The third kappa shape index (κ3) is 3.13. The fourth-order valence-corrected chi connectivity index (χ4v) is 2.40. The van der Waals surface area contributed by atoms with Crippen molar-refractivity contribution in [1.29, 1.82) is 0 Å². The monoisotopic (exact) mass is 254 g/mol. The normalized spacial score (nSPS) is 10.6. The fraction of sp³-hybridized carbons (Fsp3) is 0.538. The predicted molar refractivity (Wildman–Crippen MR) is 67.4 cm³/mol. The van der Waals surface area contributed by atoms with Crippen LogP contribution in [0.25, 0.3) is 0 Å². The van der Waals surface area contributed by atoms with Gasteiger partial charge in [0, 0.05) is 5.33 Å². The minimum atomic E-state index is 1.12. The summed E-state index contributed by atoms with van der Waals surface area (Å²) in [5, 5.41) is 1.12. The second kappa shape index (κ2) is 5.55.